The molecule has 128 valence electrons. The Kier molecular flexibility index (Phi) is 5.30. The molecular weight excluding hydrogens is 304 g/mol. The Morgan fingerprint density at radius 1 is 1.21 bits per heavy atom. The summed E-state index contributed by atoms with van der Waals surface area (Å²) >= 11 is 0. The zero-order valence-electron chi connectivity index (χ0n) is 14.1. The van der Waals surface area contributed by atoms with Crippen molar-refractivity contribution in [3.05, 3.63) is 35.9 Å². The number of nitrogens with one attached hydrogen (secondary N) is 1. The molecule has 2 aliphatic rings. The highest BCUT2D eigenvalue weighted by molar-refractivity contribution is 6.22. The van der Waals surface area contributed by atoms with Gasteiger partial charge in [-0.2, -0.15) is 0 Å². The number of carbonyl (C=O) groups excluding carboxylic acids is 2. The second-order valence-electron chi connectivity index (χ2n) is 6.33. The van der Waals surface area contributed by atoms with E-state index in [0.717, 1.165) is 19.4 Å². The van der Waals surface area contributed by atoms with Crippen molar-refractivity contribution in [2.24, 2.45) is 0 Å². The molecule has 1 unspecified atom stereocenters. The van der Waals surface area contributed by atoms with Crippen LogP contribution in [0.3, 0.4) is 0 Å². The maximum absolute atomic E-state index is 12.5. The fourth-order valence-corrected chi connectivity index (χ4v) is 3.33. The first-order valence-electron chi connectivity index (χ1n) is 8.61. The van der Waals surface area contributed by atoms with E-state index in [1.165, 1.54) is 29.7 Å². The number of ether oxygens (including phenoxy) is 1. The molecule has 24 heavy (non-hydrogen) atoms. The van der Waals surface area contributed by atoms with Gasteiger partial charge in [0.1, 0.15) is 5.75 Å². The average Bonchev–Trinajstić information content (AvgIpc) is 2.90. The highest BCUT2D eigenvalue weighted by Crippen LogP contribution is 2.25. The van der Waals surface area contributed by atoms with Gasteiger partial charge in [0.15, 0.2) is 0 Å². The highest BCUT2D eigenvalue weighted by Gasteiger charge is 2.39. The van der Waals surface area contributed by atoms with Gasteiger partial charge in [0.05, 0.1) is 25.3 Å². The Balaban J connectivity index is 1.57. The van der Waals surface area contributed by atoms with Crippen LogP contribution in [0.15, 0.2) is 35.9 Å². The van der Waals surface area contributed by atoms with Gasteiger partial charge >= 0.3 is 0 Å². The molecule has 1 fully saturated rings. The third kappa shape index (κ3) is 3.67. The van der Waals surface area contributed by atoms with Crippen LogP contribution in [-0.2, 0) is 9.59 Å². The van der Waals surface area contributed by atoms with Crippen LogP contribution in [0.4, 0.5) is 5.69 Å². The number of imide groups is 1. The fraction of sp³-hybridized carbons (Fsp3) is 0.474. The van der Waals surface area contributed by atoms with Gasteiger partial charge in [-0.25, -0.2) is 4.90 Å². The Labute approximate surface area is 142 Å². The summed E-state index contributed by atoms with van der Waals surface area (Å²) in [5, 5.41) is 3.25. The molecule has 1 atom stereocenters. The molecule has 1 saturated heterocycles. The number of amides is 2. The van der Waals surface area contributed by atoms with Gasteiger partial charge in [0, 0.05) is 0 Å². The summed E-state index contributed by atoms with van der Waals surface area (Å²) < 4.78 is 5.11. The van der Waals surface area contributed by atoms with Crippen LogP contribution >= 0.6 is 0 Å². The average molecular weight is 328 g/mol. The molecule has 0 bridgehead atoms. The molecule has 0 aromatic heterocycles. The SMILES string of the molecule is COc1ccc(N2C(=O)CC(NCCC3=CCCCC3)C2=O)cc1. The van der Waals surface area contributed by atoms with Gasteiger partial charge in [-0.3, -0.25) is 9.59 Å². The minimum atomic E-state index is -0.413. The smallest absolute Gasteiger partial charge is 0.251 e. The Hall–Kier alpha value is -2.14. The molecule has 5 nitrogen and oxygen atoms in total. The number of nitrogens with zero attached hydrogens (tertiary/aromatic N) is 1. The lowest BCUT2D eigenvalue weighted by Gasteiger charge is -2.17. The molecule has 1 aromatic rings. The van der Waals surface area contributed by atoms with E-state index in [0.29, 0.717) is 11.4 Å². The van der Waals surface area contributed by atoms with Gasteiger partial charge < -0.3 is 10.1 Å². The van der Waals surface area contributed by atoms with E-state index in [4.69, 9.17) is 4.74 Å². The van der Waals surface area contributed by atoms with E-state index in [1.54, 1.807) is 31.4 Å². The molecule has 0 radical (unpaired) electrons. The monoisotopic (exact) mass is 328 g/mol. The first kappa shape index (κ1) is 16.7. The lowest BCUT2D eigenvalue weighted by atomic mass is 9.97. The third-order valence-corrected chi connectivity index (χ3v) is 4.70. The molecule has 2 amide bonds. The van der Waals surface area contributed by atoms with Crippen molar-refractivity contribution in [2.45, 2.75) is 44.6 Å². The fourth-order valence-electron chi connectivity index (χ4n) is 3.33. The minimum Gasteiger partial charge on any atom is -0.497 e. The molecule has 0 saturated carbocycles. The van der Waals surface area contributed by atoms with Gasteiger partial charge in [-0.05, 0) is 62.9 Å². The van der Waals surface area contributed by atoms with Crippen molar-refractivity contribution in [1.82, 2.24) is 5.32 Å². The zero-order valence-corrected chi connectivity index (χ0v) is 14.1. The van der Waals surface area contributed by atoms with Gasteiger partial charge in [0.2, 0.25) is 5.91 Å². The number of rotatable bonds is 6. The Morgan fingerprint density at radius 2 is 2.00 bits per heavy atom. The number of carbonyl (C=O) groups is 2. The minimum absolute atomic E-state index is 0.153. The van der Waals surface area contributed by atoms with Crippen LogP contribution in [0, 0.1) is 0 Å². The number of allylic oxidation sites excluding steroid dienone is 1. The maximum atomic E-state index is 12.5. The summed E-state index contributed by atoms with van der Waals surface area (Å²) in [4.78, 5) is 26.1. The molecule has 0 spiro atoms. The predicted octanol–water partition coefficient (Wildman–Crippen LogP) is 2.81. The van der Waals surface area contributed by atoms with Gasteiger partial charge in [-0.15, -0.1) is 0 Å². The zero-order chi connectivity index (χ0) is 16.9. The quantitative estimate of drug-likeness (QED) is 0.644. The lowest BCUT2D eigenvalue weighted by molar-refractivity contribution is -0.121. The number of hydrogen-bond acceptors (Lipinski definition) is 4. The van der Waals surface area contributed by atoms with Crippen molar-refractivity contribution in [1.29, 1.82) is 0 Å². The number of anilines is 1. The topological polar surface area (TPSA) is 58.6 Å². The second-order valence-corrected chi connectivity index (χ2v) is 6.33. The summed E-state index contributed by atoms with van der Waals surface area (Å²) in [5.74, 6) is 0.385. The van der Waals surface area contributed by atoms with E-state index in [-0.39, 0.29) is 18.2 Å². The van der Waals surface area contributed by atoms with Crippen LogP contribution in [0.2, 0.25) is 0 Å². The Bertz CT molecular complexity index is 637. The Morgan fingerprint density at radius 3 is 2.67 bits per heavy atom. The molecular formula is C19H24N2O3. The number of hydrogen-bond donors (Lipinski definition) is 1. The molecule has 1 aromatic carbocycles. The van der Waals surface area contributed by atoms with Crippen LogP contribution < -0.4 is 15.0 Å². The summed E-state index contributed by atoms with van der Waals surface area (Å²) in [5.41, 5.74) is 2.07. The van der Waals surface area contributed by atoms with Crippen molar-refractivity contribution in [3.63, 3.8) is 0 Å². The van der Waals surface area contributed by atoms with E-state index in [1.807, 2.05) is 0 Å². The first-order chi connectivity index (χ1) is 11.7. The molecule has 1 aliphatic heterocycles. The van der Waals surface area contributed by atoms with Crippen LogP contribution in [0.1, 0.15) is 38.5 Å². The van der Waals surface area contributed by atoms with Crippen molar-refractivity contribution < 1.29 is 14.3 Å². The second kappa shape index (κ2) is 7.62. The summed E-state index contributed by atoms with van der Waals surface area (Å²) in [6, 6.07) is 6.58. The number of methoxy groups -OCH3 is 1. The van der Waals surface area contributed by atoms with E-state index < -0.39 is 6.04 Å². The predicted molar refractivity (Wildman–Crippen MR) is 93.1 cm³/mol. The number of benzene rings is 1. The summed E-state index contributed by atoms with van der Waals surface area (Å²) in [6.45, 7) is 0.742. The molecule has 5 heteroatoms. The van der Waals surface area contributed by atoms with Crippen LogP contribution in [0.5, 0.6) is 5.75 Å². The molecule has 1 N–H and O–H groups in total. The summed E-state index contributed by atoms with van der Waals surface area (Å²) in [6.07, 6.45) is 8.38. The van der Waals surface area contributed by atoms with Crippen LogP contribution in [0.25, 0.3) is 0 Å². The normalized spacial score (nSPS) is 21.1. The van der Waals surface area contributed by atoms with E-state index in [9.17, 15) is 9.59 Å². The standard InChI is InChI=1S/C19H24N2O3/c1-24-16-9-7-15(8-10-16)21-18(22)13-17(19(21)23)20-12-11-14-5-3-2-4-6-14/h5,7-10,17,20H,2-4,6,11-13H2,1H3. The third-order valence-electron chi connectivity index (χ3n) is 4.70. The van der Waals surface area contributed by atoms with Crippen molar-refractivity contribution in [3.8, 4) is 5.75 Å². The lowest BCUT2D eigenvalue weighted by Crippen LogP contribution is -2.39. The molecule has 3 rings (SSSR count). The summed E-state index contributed by atoms with van der Waals surface area (Å²) in [7, 11) is 1.59. The molecule has 1 heterocycles. The van der Waals surface area contributed by atoms with E-state index >= 15 is 0 Å². The van der Waals surface area contributed by atoms with Gasteiger partial charge in [-0.1, -0.05) is 11.6 Å². The highest BCUT2D eigenvalue weighted by atomic mass is 16.5. The first-order valence-corrected chi connectivity index (χ1v) is 8.61. The van der Waals surface area contributed by atoms with Crippen molar-refractivity contribution >= 4 is 17.5 Å². The van der Waals surface area contributed by atoms with Crippen LogP contribution in [-0.4, -0.2) is 31.5 Å². The van der Waals surface area contributed by atoms with Gasteiger partial charge in [0.25, 0.3) is 5.91 Å². The largest absolute Gasteiger partial charge is 0.497 e. The van der Waals surface area contributed by atoms with Crippen molar-refractivity contribution in [2.75, 3.05) is 18.6 Å². The molecule has 1 aliphatic carbocycles. The van der Waals surface area contributed by atoms with E-state index in [2.05, 4.69) is 11.4 Å². The maximum Gasteiger partial charge on any atom is 0.251 e.